The lowest BCUT2D eigenvalue weighted by atomic mass is 9.90. The van der Waals surface area contributed by atoms with E-state index in [1.165, 1.54) is 576 Å². The molecule has 16 heteroatoms. The van der Waals surface area contributed by atoms with Gasteiger partial charge in [0.1, 0.15) is 0 Å². The van der Waals surface area contributed by atoms with Crippen molar-refractivity contribution in [2.75, 3.05) is 65.4 Å². The van der Waals surface area contributed by atoms with Crippen LogP contribution in [-0.2, 0) is 51.9 Å². The second kappa shape index (κ2) is 87.2. The maximum atomic E-state index is 4.65. The molecule has 0 aromatic carbocycles. The van der Waals surface area contributed by atoms with Gasteiger partial charge in [-0.25, -0.2) is 0 Å². The van der Waals surface area contributed by atoms with Gasteiger partial charge in [0, 0.05) is 76.1 Å². The third kappa shape index (κ3) is 65.5. The Hall–Kier alpha value is -3.60. The van der Waals surface area contributed by atoms with Crippen molar-refractivity contribution in [1.82, 2.24) is 79.6 Å². The number of hydrogen-bond acceptors (Lipinski definition) is 12. The monoisotopic (exact) mass is 1870 g/mol. The number of piperazine rings is 1. The van der Waals surface area contributed by atoms with Gasteiger partial charge in [0.15, 0.2) is 0 Å². The number of rotatable bonds is 102. The molecule has 134 heavy (non-hydrogen) atoms. The van der Waals surface area contributed by atoms with Gasteiger partial charge in [-0.2, -0.15) is 0 Å². The van der Waals surface area contributed by atoms with Gasteiger partial charge in [-0.05, 0) is 218 Å². The minimum atomic E-state index is 0.609. The zero-order chi connectivity index (χ0) is 95.3. The molecule has 1 aliphatic heterocycles. The van der Waals surface area contributed by atoms with Crippen LogP contribution in [-0.4, -0.2) is 157 Å². The Balaban J connectivity index is 1.03. The number of aromatic nitrogens is 12. The van der Waals surface area contributed by atoms with Crippen molar-refractivity contribution in [2.24, 2.45) is 23.7 Å². The molecule has 16 nitrogen and oxygen atoms in total. The van der Waals surface area contributed by atoms with Crippen LogP contribution in [0.15, 0.2) is 24.8 Å². The summed E-state index contributed by atoms with van der Waals surface area (Å²) in [4.78, 5) is 11.4. The van der Waals surface area contributed by atoms with Crippen molar-refractivity contribution in [3.8, 4) is 0 Å². The molecular formula is C118H228N16. The van der Waals surface area contributed by atoms with Crippen LogP contribution >= 0.6 is 0 Å². The van der Waals surface area contributed by atoms with E-state index in [1.54, 1.807) is 0 Å². The Morgan fingerprint density at radius 3 is 0.582 bits per heavy atom. The van der Waals surface area contributed by atoms with E-state index < -0.39 is 0 Å². The lowest BCUT2D eigenvalue weighted by Gasteiger charge is -2.44. The standard InChI is InChI=1S/C118H228N16/c1-11-19-47-75-111(76-48-20-12-2)83-55-31-27-39-67-99-131-105-115(119-123-131)87-59-35-43-63-91-127(92-64-44-36-60-88-116-106-132(124-120-116)100-68-40-28-32-56-84-112(77-49-21-13-3)78-50-22-14-4)95-71-73-97-129-103-110(10)130(104-109(129)9)98-74-72-96-128(93-65-45-37-61-89-117-107-133(125-121-117)101-69-41-29-33-57-85-113(79-51-23-15-5)80-52-24-16-6)94-66-46-38-62-90-118-108-134(126-122-118)102-70-42-30-34-58-86-114(81-53-25-17-7)82-54-26-18-8/h105-114H,11-104H2,1-10H3/t109-,110+. The van der Waals surface area contributed by atoms with Crippen molar-refractivity contribution < 1.29 is 0 Å². The second-order valence-corrected chi connectivity index (χ2v) is 44.0. The third-order valence-corrected chi connectivity index (χ3v) is 31.3. The third-order valence-electron chi connectivity index (χ3n) is 31.3. The summed E-state index contributed by atoms with van der Waals surface area (Å²) in [5.41, 5.74) is 4.76. The highest BCUT2D eigenvalue weighted by atomic mass is 15.4. The number of nitrogens with zero attached hydrogens (tertiary/aromatic N) is 16. The van der Waals surface area contributed by atoms with E-state index in [-0.39, 0.29) is 0 Å². The molecule has 5 rings (SSSR count). The molecule has 780 valence electrons. The zero-order valence-electron chi connectivity index (χ0n) is 91.4. The summed E-state index contributed by atoms with van der Waals surface area (Å²) >= 11 is 0. The van der Waals surface area contributed by atoms with Crippen LogP contribution in [0.5, 0.6) is 0 Å². The molecule has 0 N–H and O–H groups in total. The molecule has 4 aromatic heterocycles. The van der Waals surface area contributed by atoms with Crippen molar-refractivity contribution in [1.29, 1.82) is 0 Å². The first-order valence-corrected chi connectivity index (χ1v) is 60.6. The van der Waals surface area contributed by atoms with Crippen LogP contribution in [0, 0.1) is 23.7 Å². The van der Waals surface area contributed by atoms with Gasteiger partial charge in [0.05, 0.1) is 22.8 Å². The van der Waals surface area contributed by atoms with Crippen LogP contribution in [0.4, 0.5) is 0 Å². The van der Waals surface area contributed by atoms with Crippen LogP contribution in [0.2, 0.25) is 0 Å². The fourth-order valence-electron chi connectivity index (χ4n) is 22.2. The van der Waals surface area contributed by atoms with Crippen LogP contribution in [0.3, 0.4) is 0 Å². The predicted octanol–water partition coefficient (Wildman–Crippen LogP) is 33.6. The smallest absolute Gasteiger partial charge is 0.0827 e. The first-order chi connectivity index (χ1) is 66.1. The Morgan fingerprint density at radius 2 is 0.373 bits per heavy atom. The van der Waals surface area contributed by atoms with Gasteiger partial charge >= 0.3 is 0 Å². The van der Waals surface area contributed by atoms with E-state index in [1.807, 2.05) is 0 Å². The summed E-state index contributed by atoms with van der Waals surface area (Å²) in [6, 6.07) is 1.22. The van der Waals surface area contributed by atoms with Crippen LogP contribution in [0.1, 0.15) is 580 Å². The summed E-state index contributed by atoms with van der Waals surface area (Å²) in [6.45, 7) is 40.2. The zero-order valence-corrected chi connectivity index (χ0v) is 91.4. The molecule has 0 unspecified atom stereocenters. The molecule has 0 aliphatic carbocycles. The molecular weight excluding hydrogens is 1640 g/mol. The summed E-state index contributed by atoms with van der Waals surface area (Å²) in [5, 5.41) is 36.9. The van der Waals surface area contributed by atoms with Gasteiger partial charge in [-0.1, -0.05) is 461 Å². The average molecular weight is 1870 g/mol. The largest absolute Gasteiger partial charge is 0.303 e. The minimum absolute atomic E-state index is 0.609. The molecule has 0 saturated carbocycles. The first-order valence-electron chi connectivity index (χ1n) is 60.6. The topological polar surface area (TPSA) is 136 Å². The Morgan fingerprint density at radius 1 is 0.209 bits per heavy atom. The van der Waals surface area contributed by atoms with Crippen molar-refractivity contribution in [3.05, 3.63) is 47.6 Å². The summed E-state index contributed by atoms with van der Waals surface area (Å²) in [7, 11) is 0. The van der Waals surface area contributed by atoms with Crippen molar-refractivity contribution in [3.63, 3.8) is 0 Å². The molecule has 5 heterocycles. The van der Waals surface area contributed by atoms with Crippen LogP contribution in [0.25, 0.3) is 0 Å². The maximum absolute atomic E-state index is 4.65. The quantitative estimate of drug-likeness (QED) is 0.0389. The summed E-state index contributed by atoms with van der Waals surface area (Å²) in [6.07, 6.45) is 117. The van der Waals surface area contributed by atoms with Gasteiger partial charge in [0.25, 0.3) is 0 Å². The Labute approximate surface area is 832 Å². The fourth-order valence-corrected chi connectivity index (χ4v) is 22.2. The lowest BCUT2D eigenvalue weighted by Crippen LogP contribution is -2.56. The van der Waals surface area contributed by atoms with Crippen LogP contribution < -0.4 is 0 Å². The Bertz CT molecular complexity index is 2660. The Kier molecular flexibility index (Phi) is 78.7. The molecule has 1 saturated heterocycles. The molecule has 4 aromatic rings. The van der Waals surface area contributed by atoms with Gasteiger partial charge in [-0.3, -0.25) is 28.5 Å². The normalized spacial score (nSPS) is 14.2. The van der Waals surface area contributed by atoms with E-state index in [4.69, 9.17) is 0 Å². The average Bonchev–Trinajstić information content (AvgIpc) is 1.27. The maximum Gasteiger partial charge on any atom is 0.0827 e. The lowest BCUT2D eigenvalue weighted by molar-refractivity contribution is 0.0399. The van der Waals surface area contributed by atoms with Crippen molar-refractivity contribution >= 4 is 0 Å². The molecule has 0 radical (unpaired) electrons. The highest BCUT2D eigenvalue weighted by Crippen LogP contribution is 2.30. The van der Waals surface area contributed by atoms with Gasteiger partial charge in [0.2, 0.25) is 0 Å². The van der Waals surface area contributed by atoms with E-state index in [9.17, 15) is 0 Å². The number of hydrogen-bond donors (Lipinski definition) is 0. The van der Waals surface area contributed by atoms with E-state index in [0.29, 0.717) is 12.1 Å². The molecule has 0 bridgehead atoms. The predicted molar refractivity (Wildman–Crippen MR) is 580 cm³/mol. The SMILES string of the molecule is CCCCCC(CCCCC)CCCCCCCn1cc(CCCCCCN(CCCCCCc2cn(CCCCCCCC(CCCCC)CCCCC)nn2)CCCCN2C[C@H](C)N(CCCCN(CCCCCCc3cn(CCCCCCCC(CCCCC)CCCCC)nn3)CCCCCCc3cn(CCCCCCCC(CCCCC)CCCCC)nn3)C[C@H]2C)nn1. The molecule has 1 fully saturated rings. The molecule has 1 aliphatic rings. The highest BCUT2D eigenvalue weighted by Gasteiger charge is 2.29. The molecule has 0 amide bonds. The summed E-state index contributed by atoms with van der Waals surface area (Å²) in [5.74, 6) is 3.87. The fraction of sp³-hybridized carbons (Fsp3) is 0.932. The molecule has 0 spiro atoms. The van der Waals surface area contributed by atoms with Gasteiger partial charge in [-0.15, -0.1) is 20.4 Å². The number of aryl methyl sites for hydroxylation is 8. The first kappa shape index (κ1) is 121. The van der Waals surface area contributed by atoms with Crippen molar-refractivity contribution in [2.45, 2.75) is 621 Å². The summed E-state index contributed by atoms with van der Waals surface area (Å²) < 4.78 is 8.54. The second-order valence-electron chi connectivity index (χ2n) is 44.0. The minimum Gasteiger partial charge on any atom is -0.303 e. The highest BCUT2D eigenvalue weighted by molar-refractivity contribution is 4.95. The van der Waals surface area contributed by atoms with E-state index in [2.05, 4.69) is 174 Å². The van der Waals surface area contributed by atoms with Gasteiger partial charge < -0.3 is 9.80 Å². The number of unbranched alkanes of at least 4 members (excludes halogenated alkanes) is 46. The molecule has 2 atom stereocenters. The van der Waals surface area contributed by atoms with E-state index >= 15 is 0 Å². The van der Waals surface area contributed by atoms with E-state index in [0.717, 1.165) is 75.5 Å².